The molecule has 0 amide bonds. The van der Waals surface area contributed by atoms with Crippen LogP contribution >= 0.6 is 0 Å². The van der Waals surface area contributed by atoms with Crippen LogP contribution in [0.25, 0.3) is 0 Å². The number of aryl methyl sites for hydroxylation is 1. The third-order valence-corrected chi connectivity index (χ3v) is 3.28. The van der Waals surface area contributed by atoms with Gasteiger partial charge in [-0.3, -0.25) is 0 Å². The van der Waals surface area contributed by atoms with E-state index < -0.39 is 11.6 Å². The van der Waals surface area contributed by atoms with Gasteiger partial charge in [0.2, 0.25) is 0 Å². The maximum atomic E-state index is 13.7. The molecule has 1 aliphatic rings. The lowest BCUT2D eigenvalue weighted by atomic mass is 9.90. The average Bonchev–Trinajstić information content (AvgIpc) is 2.30. The molecule has 3 heteroatoms. The Balaban J connectivity index is 2.31. The van der Waals surface area contributed by atoms with Gasteiger partial charge in [-0.2, -0.15) is 0 Å². The number of rotatable bonds is 2. The van der Waals surface area contributed by atoms with E-state index in [1.54, 1.807) is 6.07 Å². The van der Waals surface area contributed by atoms with Gasteiger partial charge in [0.1, 0.15) is 11.6 Å². The van der Waals surface area contributed by atoms with Crippen LogP contribution < -0.4 is 5.32 Å². The summed E-state index contributed by atoms with van der Waals surface area (Å²) in [7, 11) is 0. The van der Waals surface area contributed by atoms with E-state index >= 15 is 0 Å². The zero-order valence-corrected chi connectivity index (χ0v) is 9.52. The summed E-state index contributed by atoms with van der Waals surface area (Å²) in [5.41, 5.74) is 1.28. The number of hydrogen-bond donors (Lipinski definition) is 1. The van der Waals surface area contributed by atoms with E-state index in [0.717, 1.165) is 32.0 Å². The molecule has 1 N–H and O–H groups in total. The molecule has 0 spiro atoms. The smallest absolute Gasteiger partial charge is 0.129 e. The van der Waals surface area contributed by atoms with Crippen molar-refractivity contribution in [1.29, 1.82) is 0 Å². The summed E-state index contributed by atoms with van der Waals surface area (Å²) in [6.07, 6.45) is 2.65. The summed E-state index contributed by atoms with van der Waals surface area (Å²) in [4.78, 5) is 0. The molecule has 88 valence electrons. The maximum absolute atomic E-state index is 13.7. The first-order valence-electron chi connectivity index (χ1n) is 5.91. The molecule has 1 saturated heterocycles. The Morgan fingerprint density at radius 3 is 2.75 bits per heavy atom. The van der Waals surface area contributed by atoms with Crippen LogP contribution in [0.5, 0.6) is 0 Å². The van der Waals surface area contributed by atoms with Crippen LogP contribution in [0.2, 0.25) is 0 Å². The minimum atomic E-state index is -0.424. The minimum Gasteiger partial charge on any atom is -0.316 e. The molecule has 1 unspecified atom stereocenters. The van der Waals surface area contributed by atoms with Crippen molar-refractivity contribution in [2.24, 2.45) is 0 Å². The second-order valence-corrected chi connectivity index (χ2v) is 4.36. The first-order chi connectivity index (χ1) is 7.72. The topological polar surface area (TPSA) is 12.0 Å². The summed E-state index contributed by atoms with van der Waals surface area (Å²) in [5, 5.41) is 3.25. The van der Waals surface area contributed by atoms with E-state index in [0.29, 0.717) is 17.5 Å². The van der Waals surface area contributed by atoms with Crippen LogP contribution in [0, 0.1) is 11.6 Å². The van der Waals surface area contributed by atoms with E-state index in [4.69, 9.17) is 0 Å². The number of nitrogens with one attached hydrogen (secondary N) is 1. The van der Waals surface area contributed by atoms with Crippen molar-refractivity contribution >= 4 is 0 Å². The molecule has 1 aliphatic heterocycles. The largest absolute Gasteiger partial charge is 0.316 e. The first-order valence-corrected chi connectivity index (χ1v) is 5.91. The van der Waals surface area contributed by atoms with Crippen LogP contribution in [-0.2, 0) is 6.42 Å². The maximum Gasteiger partial charge on any atom is 0.129 e. The molecule has 1 fully saturated rings. The van der Waals surface area contributed by atoms with Gasteiger partial charge in [-0.15, -0.1) is 0 Å². The van der Waals surface area contributed by atoms with Gasteiger partial charge < -0.3 is 5.32 Å². The Labute approximate surface area is 94.9 Å². The highest BCUT2D eigenvalue weighted by atomic mass is 19.1. The number of hydrogen-bond acceptors (Lipinski definition) is 1. The fourth-order valence-electron chi connectivity index (χ4n) is 2.31. The summed E-state index contributed by atoms with van der Waals surface area (Å²) in [5.74, 6) is -0.629. The lowest BCUT2D eigenvalue weighted by Gasteiger charge is -2.24. The fraction of sp³-hybridized carbons (Fsp3) is 0.538. The van der Waals surface area contributed by atoms with Crippen molar-refractivity contribution in [2.45, 2.75) is 32.1 Å². The van der Waals surface area contributed by atoms with E-state index in [2.05, 4.69) is 5.32 Å². The molecule has 0 aliphatic carbocycles. The highest BCUT2D eigenvalue weighted by Gasteiger charge is 2.20. The molecular formula is C13H17F2N. The van der Waals surface area contributed by atoms with Gasteiger partial charge in [0.15, 0.2) is 0 Å². The molecular weight excluding hydrogens is 208 g/mol. The first kappa shape index (κ1) is 11.5. The van der Waals surface area contributed by atoms with E-state index in [1.165, 1.54) is 0 Å². The Kier molecular flexibility index (Phi) is 3.54. The Bertz CT molecular complexity index is 370. The quantitative estimate of drug-likeness (QED) is 0.816. The Morgan fingerprint density at radius 2 is 2.12 bits per heavy atom. The van der Waals surface area contributed by atoms with E-state index in [-0.39, 0.29) is 5.92 Å². The summed E-state index contributed by atoms with van der Waals surface area (Å²) < 4.78 is 27.0. The van der Waals surface area contributed by atoms with Crippen LogP contribution in [0.3, 0.4) is 0 Å². The molecule has 1 atom stereocenters. The summed E-state index contributed by atoms with van der Waals surface area (Å²) >= 11 is 0. The minimum absolute atomic E-state index is 0.194. The molecule has 1 aromatic rings. The monoisotopic (exact) mass is 225 g/mol. The lowest BCUT2D eigenvalue weighted by Crippen LogP contribution is -2.29. The van der Waals surface area contributed by atoms with Crippen molar-refractivity contribution in [3.8, 4) is 0 Å². The molecule has 0 radical (unpaired) electrons. The van der Waals surface area contributed by atoms with Crippen molar-refractivity contribution < 1.29 is 8.78 Å². The third-order valence-electron chi connectivity index (χ3n) is 3.28. The van der Waals surface area contributed by atoms with Crippen molar-refractivity contribution in [3.05, 3.63) is 34.9 Å². The van der Waals surface area contributed by atoms with Gasteiger partial charge in [-0.1, -0.05) is 6.92 Å². The fourth-order valence-corrected chi connectivity index (χ4v) is 2.31. The standard InChI is InChI=1S/C13H17F2N/c1-2-9-6-11(13(15)7-12(9)14)10-4-3-5-16-8-10/h6-7,10,16H,2-5,8H2,1H3. The predicted molar refractivity (Wildman–Crippen MR) is 60.6 cm³/mol. The van der Waals surface area contributed by atoms with Crippen LogP contribution in [0.15, 0.2) is 12.1 Å². The average molecular weight is 225 g/mol. The van der Waals surface area contributed by atoms with E-state index in [1.807, 2.05) is 6.92 Å². The van der Waals surface area contributed by atoms with Gasteiger partial charge in [-0.05, 0) is 48.9 Å². The molecule has 1 aromatic carbocycles. The number of piperidine rings is 1. The zero-order chi connectivity index (χ0) is 11.5. The lowest BCUT2D eigenvalue weighted by molar-refractivity contribution is 0.443. The Hall–Kier alpha value is -0.960. The van der Waals surface area contributed by atoms with Crippen LogP contribution in [-0.4, -0.2) is 13.1 Å². The van der Waals surface area contributed by atoms with Crippen molar-refractivity contribution in [2.75, 3.05) is 13.1 Å². The third kappa shape index (κ3) is 2.24. The highest BCUT2D eigenvalue weighted by molar-refractivity contribution is 5.30. The Morgan fingerprint density at radius 1 is 1.31 bits per heavy atom. The van der Waals surface area contributed by atoms with Gasteiger partial charge in [-0.25, -0.2) is 8.78 Å². The van der Waals surface area contributed by atoms with Gasteiger partial charge in [0.05, 0.1) is 0 Å². The molecule has 16 heavy (non-hydrogen) atoms. The van der Waals surface area contributed by atoms with Gasteiger partial charge >= 0.3 is 0 Å². The van der Waals surface area contributed by atoms with Crippen LogP contribution in [0.4, 0.5) is 8.78 Å². The summed E-state index contributed by atoms with van der Waals surface area (Å²) in [6.45, 7) is 3.69. The zero-order valence-electron chi connectivity index (χ0n) is 9.52. The van der Waals surface area contributed by atoms with Crippen molar-refractivity contribution in [1.82, 2.24) is 5.32 Å². The SMILES string of the molecule is CCc1cc(C2CCCNC2)c(F)cc1F. The molecule has 2 rings (SSSR count). The van der Waals surface area contributed by atoms with Crippen molar-refractivity contribution in [3.63, 3.8) is 0 Å². The number of benzene rings is 1. The molecule has 0 aromatic heterocycles. The predicted octanol–water partition coefficient (Wildman–Crippen LogP) is 2.99. The second-order valence-electron chi connectivity index (χ2n) is 4.36. The molecule has 1 heterocycles. The molecule has 0 saturated carbocycles. The van der Waals surface area contributed by atoms with E-state index in [9.17, 15) is 8.78 Å². The molecule has 1 nitrogen and oxygen atoms in total. The highest BCUT2D eigenvalue weighted by Crippen LogP contribution is 2.27. The van der Waals surface area contributed by atoms with Gasteiger partial charge in [0, 0.05) is 12.6 Å². The van der Waals surface area contributed by atoms with Crippen LogP contribution in [0.1, 0.15) is 36.8 Å². The van der Waals surface area contributed by atoms with Gasteiger partial charge in [0.25, 0.3) is 0 Å². The second kappa shape index (κ2) is 4.91. The number of halogens is 2. The summed E-state index contributed by atoms with van der Waals surface area (Å²) in [6, 6.07) is 2.73. The molecule has 0 bridgehead atoms. The normalized spacial score (nSPS) is 21.1.